The van der Waals surface area contributed by atoms with Gasteiger partial charge in [0.2, 0.25) is 5.91 Å². The van der Waals surface area contributed by atoms with Crippen LogP contribution in [-0.2, 0) is 4.79 Å². The van der Waals surface area contributed by atoms with Crippen LogP contribution in [0.15, 0.2) is 30.5 Å². The number of amides is 1. The van der Waals surface area contributed by atoms with Crippen LogP contribution in [0.1, 0.15) is 25.3 Å². The fourth-order valence-corrected chi connectivity index (χ4v) is 4.21. The summed E-state index contributed by atoms with van der Waals surface area (Å²) < 4.78 is 27.9. The van der Waals surface area contributed by atoms with Crippen LogP contribution in [0.4, 0.5) is 37.5 Å². The highest BCUT2D eigenvalue weighted by Gasteiger charge is 2.43. The van der Waals surface area contributed by atoms with Gasteiger partial charge in [-0.3, -0.25) is 9.69 Å². The maximum atomic E-state index is 13.1. The fraction of sp³-hybridized carbons (Fsp3) is 0.417. The van der Waals surface area contributed by atoms with E-state index in [9.17, 15) is 18.8 Å². The second kappa shape index (κ2) is 9.23. The summed E-state index contributed by atoms with van der Waals surface area (Å²) >= 11 is 0. The maximum absolute atomic E-state index is 13.1. The summed E-state index contributed by atoms with van der Waals surface area (Å²) in [5.74, 6) is -1.56. The van der Waals surface area contributed by atoms with Crippen LogP contribution in [0.2, 0.25) is 0 Å². The van der Waals surface area contributed by atoms with Gasteiger partial charge in [-0.15, -0.1) is 0 Å². The van der Waals surface area contributed by atoms with Crippen LogP contribution in [-0.4, -0.2) is 70.6 Å². The molecule has 1 aliphatic carbocycles. The Morgan fingerprint density at radius 3 is 2.75 bits per heavy atom. The van der Waals surface area contributed by atoms with E-state index >= 15 is 0 Å². The first kappa shape index (κ1) is 23.7. The average molecular weight is 496 g/mol. The van der Waals surface area contributed by atoms with Crippen LogP contribution in [0, 0.1) is 11.3 Å². The summed E-state index contributed by atoms with van der Waals surface area (Å²) in [4.78, 5) is 20.1. The third-order valence-electron chi connectivity index (χ3n) is 6.17. The molecule has 0 bridgehead atoms. The molecular formula is C24H27F2N9O. The Kier molecular flexibility index (Phi) is 6.09. The van der Waals surface area contributed by atoms with Gasteiger partial charge in [-0.1, -0.05) is 0 Å². The van der Waals surface area contributed by atoms with Crippen molar-refractivity contribution in [2.45, 2.75) is 31.7 Å². The van der Waals surface area contributed by atoms with Crippen molar-refractivity contribution in [2.24, 2.45) is 0 Å². The molecule has 188 valence electrons. The highest BCUT2D eigenvalue weighted by atomic mass is 19.3. The minimum absolute atomic E-state index is 0.220. The zero-order chi connectivity index (χ0) is 25.4. The molecular weight excluding hydrogens is 468 g/mol. The lowest BCUT2D eigenvalue weighted by Crippen LogP contribution is -2.57. The van der Waals surface area contributed by atoms with Crippen molar-refractivity contribution < 1.29 is 13.6 Å². The molecule has 10 nitrogen and oxygen atoms in total. The minimum Gasteiger partial charge on any atom is -0.372 e. The fourth-order valence-electron chi connectivity index (χ4n) is 4.21. The summed E-state index contributed by atoms with van der Waals surface area (Å²) in [6.45, 7) is 2.02. The SMILES string of the molecule is CC(=O)Nc1cc(Nc2cc(NC3CC3)n3ncc(C#N)c3n2)ccc1N(C)CCN1CC(F)(F)C1. The van der Waals surface area contributed by atoms with Crippen molar-refractivity contribution in [3.63, 3.8) is 0 Å². The lowest BCUT2D eigenvalue weighted by atomic mass is 10.1. The molecule has 3 N–H and O–H groups in total. The number of carbonyl (C=O) groups is 1. The van der Waals surface area contributed by atoms with Gasteiger partial charge in [0.15, 0.2) is 5.65 Å². The number of halogens is 2. The number of anilines is 5. The number of nitriles is 1. The first-order valence-corrected chi connectivity index (χ1v) is 11.8. The standard InChI is InChI=1S/C24H27F2N9O/c1-15(36)29-19-9-18(5-6-20(19)33(2)7-8-34-13-24(25,26)14-34)30-21-10-22(31-17-3-4-17)35-23(32-21)16(11-27)12-28-35/h5-6,9-10,12,17,31H,3-4,7-8,13-14H2,1-2H3,(H,29,36)(H,30,32). The van der Waals surface area contributed by atoms with Gasteiger partial charge < -0.3 is 20.9 Å². The van der Waals surface area contributed by atoms with E-state index in [0.29, 0.717) is 47.5 Å². The first-order chi connectivity index (χ1) is 17.2. The molecule has 1 aliphatic heterocycles. The Hall–Kier alpha value is -3.98. The van der Waals surface area contributed by atoms with Gasteiger partial charge in [0.1, 0.15) is 23.3 Å². The van der Waals surface area contributed by atoms with Crippen molar-refractivity contribution in [1.82, 2.24) is 19.5 Å². The quantitative estimate of drug-likeness (QED) is 0.415. The minimum atomic E-state index is -2.59. The number of carbonyl (C=O) groups excluding carboxylic acids is 1. The average Bonchev–Trinajstić information content (AvgIpc) is 3.52. The molecule has 0 unspecified atom stereocenters. The number of aromatic nitrogens is 3. The van der Waals surface area contributed by atoms with Gasteiger partial charge in [0.05, 0.1) is 30.7 Å². The number of benzene rings is 1. The Morgan fingerprint density at radius 2 is 2.08 bits per heavy atom. The van der Waals surface area contributed by atoms with Crippen LogP contribution >= 0.6 is 0 Å². The molecule has 12 heteroatoms. The smallest absolute Gasteiger partial charge is 0.272 e. The summed E-state index contributed by atoms with van der Waals surface area (Å²) in [6.07, 6.45) is 3.65. The maximum Gasteiger partial charge on any atom is 0.272 e. The number of hydrogen-bond acceptors (Lipinski definition) is 8. The third kappa shape index (κ3) is 5.16. The molecule has 36 heavy (non-hydrogen) atoms. The highest BCUT2D eigenvalue weighted by Crippen LogP contribution is 2.32. The summed E-state index contributed by atoms with van der Waals surface area (Å²) in [7, 11) is 1.86. The van der Waals surface area contributed by atoms with E-state index in [1.165, 1.54) is 13.1 Å². The molecule has 1 aromatic carbocycles. The van der Waals surface area contributed by atoms with Crippen molar-refractivity contribution in [2.75, 3.05) is 54.1 Å². The number of hydrogen-bond donors (Lipinski definition) is 3. The molecule has 1 saturated heterocycles. The van der Waals surface area contributed by atoms with E-state index in [2.05, 4.69) is 32.1 Å². The number of rotatable bonds is 9. The van der Waals surface area contributed by atoms with E-state index in [1.807, 2.05) is 30.1 Å². The molecule has 1 saturated carbocycles. The molecule has 3 aromatic rings. The van der Waals surface area contributed by atoms with Gasteiger partial charge in [0, 0.05) is 44.9 Å². The Labute approximate surface area is 206 Å². The second-order valence-corrected chi connectivity index (χ2v) is 9.38. The van der Waals surface area contributed by atoms with Gasteiger partial charge in [-0.2, -0.15) is 14.9 Å². The Bertz CT molecular complexity index is 1340. The van der Waals surface area contributed by atoms with Gasteiger partial charge in [-0.25, -0.2) is 13.8 Å². The number of nitrogens with zero attached hydrogens (tertiary/aromatic N) is 6. The topological polar surface area (TPSA) is 114 Å². The molecule has 5 rings (SSSR count). The van der Waals surface area contributed by atoms with E-state index < -0.39 is 5.92 Å². The normalized spacial score (nSPS) is 16.8. The third-order valence-corrected chi connectivity index (χ3v) is 6.17. The lowest BCUT2D eigenvalue weighted by molar-refractivity contribution is -0.129. The van der Waals surface area contributed by atoms with Crippen LogP contribution in [0.3, 0.4) is 0 Å². The lowest BCUT2D eigenvalue weighted by Gasteiger charge is -2.39. The number of fused-ring (bicyclic) bond motifs is 1. The van der Waals surface area contributed by atoms with Crippen LogP contribution in [0.25, 0.3) is 5.65 Å². The number of likely N-dealkylation sites (N-methyl/N-ethyl adjacent to an activating group) is 1. The molecule has 1 amide bonds. The van der Waals surface area contributed by atoms with Crippen molar-refractivity contribution in [3.8, 4) is 6.07 Å². The van der Waals surface area contributed by atoms with Gasteiger partial charge >= 0.3 is 0 Å². The van der Waals surface area contributed by atoms with Gasteiger partial charge in [-0.05, 0) is 31.0 Å². The molecule has 2 fully saturated rings. The summed E-state index contributed by atoms with van der Waals surface area (Å²) in [5.41, 5.74) is 2.85. The molecule has 0 atom stereocenters. The van der Waals surface area contributed by atoms with E-state index in [0.717, 1.165) is 24.3 Å². The number of likely N-dealkylation sites (tertiary alicyclic amines) is 1. The molecule has 2 aromatic heterocycles. The number of nitrogens with one attached hydrogen (secondary N) is 3. The predicted octanol–water partition coefficient (Wildman–Crippen LogP) is 3.26. The summed E-state index contributed by atoms with van der Waals surface area (Å²) in [5, 5.41) is 23.3. The molecule has 2 aliphatic rings. The summed E-state index contributed by atoms with van der Waals surface area (Å²) in [6, 6.07) is 9.85. The van der Waals surface area contributed by atoms with Crippen molar-refractivity contribution >= 4 is 40.3 Å². The molecule has 3 heterocycles. The Morgan fingerprint density at radius 1 is 1.31 bits per heavy atom. The molecule has 0 radical (unpaired) electrons. The van der Waals surface area contributed by atoms with Gasteiger partial charge in [0.25, 0.3) is 5.92 Å². The zero-order valence-corrected chi connectivity index (χ0v) is 20.1. The van der Waals surface area contributed by atoms with E-state index in [1.54, 1.807) is 15.5 Å². The van der Waals surface area contributed by atoms with Crippen molar-refractivity contribution in [3.05, 3.63) is 36.0 Å². The molecule has 0 spiro atoms. The Balaban J connectivity index is 1.37. The highest BCUT2D eigenvalue weighted by molar-refractivity contribution is 5.94. The predicted molar refractivity (Wildman–Crippen MR) is 133 cm³/mol. The zero-order valence-electron chi connectivity index (χ0n) is 20.1. The monoisotopic (exact) mass is 495 g/mol. The second-order valence-electron chi connectivity index (χ2n) is 9.38. The van der Waals surface area contributed by atoms with Crippen LogP contribution < -0.4 is 20.9 Å². The first-order valence-electron chi connectivity index (χ1n) is 11.8. The van der Waals surface area contributed by atoms with Crippen LogP contribution in [0.5, 0.6) is 0 Å². The largest absolute Gasteiger partial charge is 0.372 e. The van der Waals surface area contributed by atoms with Crippen molar-refractivity contribution in [1.29, 1.82) is 5.26 Å². The van der Waals surface area contributed by atoms with E-state index in [4.69, 9.17) is 0 Å². The number of alkyl halides is 2. The van der Waals surface area contributed by atoms with E-state index in [-0.39, 0.29) is 19.0 Å².